The molecule has 140 valence electrons. The van der Waals surface area contributed by atoms with Crippen LogP contribution in [-0.4, -0.2) is 15.7 Å². The van der Waals surface area contributed by atoms with Crippen molar-refractivity contribution in [2.75, 3.05) is 5.32 Å². The van der Waals surface area contributed by atoms with Gasteiger partial charge in [0.2, 0.25) is 0 Å². The van der Waals surface area contributed by atoms with Gasteiger partial charge in [-0.3, -0.25) is 4.79 Å². The van der Waals surface area contributed by atoms with Crippen LogP contribution in [0.5, 0.6) is 0 Å². The molecule has 2 aromatic heterocycles. The highest BCUT2D eigenvalue weighted by Crippen LogP contribution is 2.26. The second kappa shape index (κ2) is 7.13. The second-order valence-corrected chi connectivity index (χ2v) is 6.63. The Hall–Kier alpha value is -4.12. The van der Waals surface area contributed by atoms with E-state index in [0.717, 1.165) is 22.3 Å². The quantitative estimate of drug-likeness (QED) is 0.446. The third kappa shape index (κ3) is 3.30. The highest BCUT2D eigenvalue weighted by molar-refractivity contribution is 6.04. The van der Waals surface area contributed by atoms with Crippen molar-refractivity contribution in [2.45, 2.75) is 0 Å². The Labute approximate surface area is 167 Å². The van der Waals surface area contributed by atoms with Crippen molar-refractivity contribution in [3.8, 4) is 16.9 Å². The number of carbonyl (C=O) groups excluding carboxylic acids is 1. The van der Waals surface area contributed by atoms with Crippen LogP contribution in [0.1, 0.15) is 10.6 Å². The van der Waals surface area contributed by atoms with Crippen molar-refractivity contribution in [2.24, 2.45) is 0 Å². The smallest absolute Gasteiger partial charge is 0.292 e. The Balaban J connectivity index is 1.54. The van der Waals surface area contributed by atoms with Gasteiger partial charge in [-0.1, -0.05) is 66.7 Å². The van der Waals surface area contributed by atoms with Crippen LogP contribution in [0.3, 0.4) is 0 Å². The summed E-state index contributed by atoms with van der Waals surface area (Å²) in [7, 11) is 0. The summed E-state index contributed by atoms with van der Waals surface area (Å²) in [5.74, 6) is 0.506. The van der Waals surface area contributed by atoms with Crippen molar-refractivity contribution in [1.82, 2.24) is 9.78 Å². The van der Waals surface area contributed by atoms with E-state index in [1.807, 2.05) is 91.0 Å². The molecule has 0 radical (unpaired) electrons. The number of hydrogen-bond acceptors (Lipinski definition) is 3. The van der Waals surface area contributed by atoms with Crippen LogP contribution >= 0.6 is 0 Å². The van der Waals surface area contributed by atoms with Crippen molar-refractivity contribution in [1.29, 1.82) is 0 Å². The van der Waals surface area contributed by atoms with Gasteiger partial charge in [-0.15, -0.1) is 0 Å². The minimum absolute atomic E-state index is 0.258. The minimum Gasteiger partial charge on any atom is -0.451 e. The van der Waals surface area contributed by atoms with Gasteiger partial charge in [0, 0.05) is 17.0 Å². The number of carbonyl (C=O) groups is 1. The van der Waals surface area contributed by atoms with Gasteiger partial charge in [0.1, 0.15) is 11.4 Å². The van der Waals surface area contributed by atoms with Crippen molar-refractivity contribution in [3.63, 3.8) is 0 Å². The van der Waals surface area contributed by atoms with Gasteiger partial charge >= 0.3 is 0 Å². The molecule has 5 rings (SSSR count). The predicted molar refractivity (Wildman–Crippen MR) is 113 cm³/mol. The highest BCUT2D eigenvalue weighted by atomic mass is 16.3. The van der Waals surface area contributed by atoms with Gasteiger partial charge in [-0.2, -0.15) is 5.10 Å². The summed E-state index contributed by atoms with van der Waals surface area (Å²) < 4.78 is 7.42. The van der Waals surface area contributed by atoms with E-state index in [0.29, 0.717) is 11.4 Å². The van der Waals surface area contributed by atoms with Crippen LogP contribution in [0.15, 0.2) is 101 Å². The third-order valence-corrected chi connectivity index (χ3v) is 4.67. The average molecular weight is 379 g/mol. The molecule has 0 aliphatic carbocycles. The molecule has 2 heterocycles. The monoisotopic (exact) mass is 379 g/mol. The molecule has 29 heavy (non-hydrogen) atoms. The molecule has 0 aliphatic heterocycles. The number of anilines is 1. The summed E-state index contributed by atoms with van der Waals surface area (Å²) in [6, 6.07) is 30.7. The largest absolute Gasteiger partial charge is 0.451 e. The van der Waals surface area contributed by atoms with E-state index in [1.54, 1.807) is 10.7 Å². The number of nitrogens with one attached hydrogen (secondary N) is 1. The molecule has 0 saturated heterocycles. The van der Waals surface area contributed by atoms with Crippen LogP contribution in [-0.2, 0) is 0 Å². The number of hydrogen-bond donors (Lipinski definition) is 1. The Bertz CT molecular complexity index is 1250. The number of aromatic nitrogens is 2. The standard InChI is InChI=1S/C24H17N3O2/c28-24(22-15-18-11-7-8-14-21(18)29-22)25-23-16-20(17-9-3-1-4-10-17)26-27(23)19-12-5-2-6-13-19/h1-16H,(H,25,28). The molecule has 5 nitrogen and oxygen atoms in total. The predicted octanol–water partition coefficient (Wildman–Crippen LogP) is 5.54. The lowest BCUT2D eigenvalue weighted by Gasteiger charge is -2.07. The van der Waals surface area contributed by atoms with E-state index in [9.17, 15) is 4.79 Å². The van der Waals surface area contributed by atoms with E-state index in [2.05, 4.69) is 5.32 Å². The fourth-order valence-electron chi connectivity index (χ4n) is 3.26. The van der Waals surface area contributed by atoms with Gasteiger partial charge in [-0.25, -0.2) is 4.68 Å². The molecular formula is C24H17N3O2. The Morgan fingerprint density at radius 1 is 0.828 bits per heavy atom. The average Bonchev–Trinajstić information content (AvgIpc) is 3.39. The fraction of sp³-hybridized carbons (Fsp3) is 0. The molecule has 0 aliphatic rings. The molecule has 1 amide bonds. The first kappa shape index (κ1) is 17.0. The summed E-state index contributed by atoms with van der Waals surface area (Å²) in [5, 5.41) is 8.54. The van der Waals surface area contributed by atoms with Crippen LogP contribution in [0.2, 0.25) is 0 Å². The van der Waals surface area contributed by atoms with Gasteiger partial charge in [0.15, 0.2) is 5.76 Å². The van der Waals surface area contributed by atoms with Crippen LogP contribution in [0, 0.1) is 0 Å². The van der Waals surface area contributed by atoms with Crippen molar-refractivity contribution in [3.05, 3.63) is 103 Å². The van der Waals surface area contributed by atoms with Gasteiger partial charge in [0.05, 0.1) is 11.4 Å². The van der Waals surface area contributed by atoms with E-state index in [-0.39, 0.29) is 11.7 Å². The topological polar surface area (TPSA) is 60.1 Å². The Morgan fingerprint density at radius 2 is 1.52 bits per heavy atom. The number of fused-ring (bicyclic) bond motifs is 1. The van der Waals surface area contributed by atoms with E-state index in [4.69, 9.17) is 9.52 Å². The molecule has 0 saturated carbocycles. The SMILES string of the molecule is O=C(Nc1cc(-c2ccccc2)nn1-c1ccccc1)c1cc2ccccc2o1. The summed E-state index contributed by atoms with van der Waals surface area (Å²) in [4.78, 5) is 12.9. The zero-order valence-corrected chi connectivity index (χ0v) is 15.4. The first-order valence-corrected chi connectivity index (χ1v) is 9.29. The van der Waals surface area contributed by atoms with Crippen LogP contribution in [0.25, 0.3) is 27.9 Å². The molecule has 1 N–H and O–H groups in total. The molecule has 0 fully saturated rings. The number of amides is 1. The lowest BCUT2D eigenvalue weighted by molar-refractivity contribution is 0.0998. The van der Waals surface area contributed by atoms with Crippen molar-refractivity contribution >= 4 is 22.7 Å². The summed E-state index contributed by atoms with van der Waals surface area (Å²) in [6.45, 7) is 0. The maximum Gasteiger partial charge on any atom is 0.292 e. The summed E-state index contributed by atoms with van der Waals surface area (Å²) >= 11 is 0. The number of para-hydroxylation sites is 2. The first-order valence-electron chi connectivity index (χ1n) is 9.29. The zero-order valence-electron chi connectivity index (χ0n) is 15.4. The molecule has 5 aromatic rings. The Morgan fingerprint density at radius 3 is 2.28 bits per heavy atom. The fourth-order valence-corrected chi connectivity index (χ4v) is 3.26. The van der Waals surface area contributed by atoms with Gasteiger partial charge in [-0.05, 0) is 24.3 Å². The third-order valence-electron chi connectivity index (χ3n) is 4.67. The summed E-state index contributed by atoms with van der Waals surface area (Å²) in [5.41, 5.74) is 3.28. The van der Waals surface area contributed by atoms with Gasteiger partial charge < -0.3 is 9.73 Å². The number of furan rings is 1. The maximum atomic E-state index is 12.9. The lowest BCUT2D eigenvalue weighted by Crippen LogP contribution is -2.14. The maximum absolute atomic E-state index is 12.9. The summed E-state index contributed by atoms with van der Waals surface area (Å²) in [6.07, 6.45) is 0. The van der Waals surface area contributed by atoms with Crippen LogP contribution < -0.4 is 5.32 Å². The highest BCUT2D eigenvalue weighted by Gasteiger charge is 2.17. The molecule has 5 heteroatoms. The van der Waals surface area contributed by atoms with Gasteiger partial charge in [0.25, 0.3) is 5.91 Å². The second-order valence-electron chi connectivity index (χ2n) is 6.63. The molecular weight excluding hydrogens is 362 g/mol. The molecule has 3 aromatic carbocycles. The molecule has 0 bridgehead atoms. The molecule has 0 atom stereocenters. The lowest BCUT2D eigenvalue weighted by atomic mass is 10.1. The number of benzene rings is 3. The molecule has 0 unspecified atom stereocenters. The Kier molecular flexibility index (Phi) is 4.18. The molecule has 0 spiro atoms. The normalized spacial score (nSPS) is 10.9. The zero-order chi connectivity index (χ0) is 19.6. The van der Waals surface area contributed by atoms with Crippen LogP contribution in [0.4, 0.5) is 5.82 Å². The van der Waals surface area contributed by atoms with Crippen molar-refractivity contribution < 1.29 is 9.21 Å². The minimum atomic E-state index is -0.321. The number of nitrogens with zero attached hydrogens (tertiary/aromatic N) is 2. The van der Waals surface area contributed by atoms with E-state index < -0.39 is 0 Å². The van der Waals surface area contributed by atoms with E-state index >= 15 is 0 Å². The first-order chi connectivity index (χ1) is 14.3. The van der Waals surface area contributed by atoms with E-state index in [1.165, 1.54) is 0 Å². The number of rotatable bonds is 4.